The number of ether oxygens (including phenoxy) is 1. The van der Waals surface area contributed by atoms with E-state index < -0.39 is 35.7 Å². The number of hydrogen-bond acceptors (Lipinski definition) is 7. The van der Waals surface area contributed by atoms with E-state index >= 15 is 0 Å². The van der Waals surface area contributed by atoms with Gasteiger partial charge in [0.05, 0.1) is 0 Å². The number of hydrogen-bond donors (Lipinski definition) is 5. The zero-order valence-electron chi connectivity index (χ0n) is 17.3. The van der Waals surface area contributed by atoms with Crippen LogP contribution in [0.15, 0.2) is 40.8 Å². The van der Waals surface area contributed by atoms with Gasteiger partial charge in [0.25, 0.3) is 0 Å². The number of esters is 1. The lowest BCUT2D eigenvalue weighted by Gasteiger charge is -2.16. The standard InChI is InChI=1S/C21H24N4O7/c1-11(19(27)25-15(20(28)29)7-9-17(22)26)10-14-6-8-16(31-14)21(30)32-13-4-2-12(3-5-13)18(23)24/h2-6,8,11,15H,7,9-10H2,1H3,(H2,22,26)(H3,23,24)(H,25,27)(H,28,29)/t11-,15-/m1/s1. The van der Waals surface area contributed by atoms with Gasteiger partial charge in [0.1, 0.15) is 23.4 Å². The number of rotatable bonds is 11. The topological polar surface area (TPSA) is 199 Å². The average molecular weight is 444 g/mol. The van der Waals surface area contributed by atoms with E-state index in [-0.39, 0.29) is 36.6 Å². The van der Waals surface area contributed by atoms with Gasteiger partial charge in [-0.15, -0.1) is 0 Å². The smallest absolute Gasteiger partial charge is 0.379 e. The fraction of sp³-hybridized carbons (Fsp3) is 0.286. The molecule has 0 saturated carbocycles. The number of carbonyl (C=O) groups excluding carboxylic acids is 3. The van der Waals surface area contributed by atoms with Gasteiger partial charge in [-0.3, -0.25) is 15.0 Å². The van der Waals surface area contributed by atoms with Crippen molar-refractivity contribution in [2.45, 2.75) is 32.2 Å². The first-order chi connectivity index (χ1) is 15.1. The van der Waals surface area contributed by atoms with E-state index in [0.29, 0.717) is 11.3 Å². The predicted octanol–water partition coefficient (Wildman–Crippen LogP) is 0.796. The molecule has 1 aromatic heterocycles. The predicted molar refractivity (Wildman–Crippen MR) is 112 cm³/mol. The number of nitrogens with one attached hydrogen (secondary N) is 2. The summed E-state index contributed by atoms with van der Waals surface area (Å²) in [5.41, 5.74) is 10.9. The number of carboxylic acid groups (broad SMARTS) is 1. The van der Waals surface area contributed by atoms with Crippen LogP contribution < -0.4 is 21.5 Å². The molecule has 0 aliphatic heterocycles. The van der Waals surface area contributed by atoms with Crippen LogP contribution in [0.3, 0.4) is 0 Å². The first-order valence-corrected chi connectivity index (χ1v) is 9.63. The minimum atomic E-state index is -1.27. The largest absolute Gasteiger partial charge is 0.480 e. The fourth-order valence-corrected chi connectivity index (χ4v) is 2.71. The van der Waals surface area contributed by atoms with Gasteiger partial charge >= 0.3 is 11.9 Å². The number of carbonyl (C=O) groups is 4. The molecule has 0 radical (unpaired) electrons. The molecule has 11 heteroatoms. The first kappa shape index (κ1) is 24.1. The van der Waals surface area contributed by atoms with Crippen molar-refractivity contribution in [1.29, 1.82) is 5.41 Å². The highest BCUT2D eigenvalue weighted by Crippen LogP contribution is 2.18. The molecule has 0 fully saturated rings. The molecule has 2 amide bonds. The third-order valence-electron chi connectivity index (χ3n) is 4.49. The molecule has 11 nitrogen and oxygen atoms in total. The minimum Gasteiger partial charge on any atom is -0.480 e. The summed E-state index contributed by atoms with van der Waals surface area (Å²) in [6.07, 6.45) is -0.186. The molecule has 0 bridgehead atoms. The van der Waals surface area contributed by atoms with E-state index in [4.69, 9.17) is 26.0 Å². The molecule has 1 heterocycles. The summed E-state index contributed by atoms with van der Waals surface area (Å²) in [6.45, 7) is 1.57. The van der Waals surface area contributed by atoms with Gasteiger partial charge in [-0.25, -0.2) is 9.59 Å². The molecule has 0 unspecified atom stereocenters. The fourth-order valence-electron chi connectivity index (χ4n) is 2.71. The van der Waals surface area contributed by atoms with Crippen LogP contribution in [0.5, 0.6) is 5.75 Å². The Hall–Kier alpha value is -4.15. The molecular formula is C21H24N4O7. The highest BCUT2D eigenvalue weighted by molar-refractivity contribution is 5.95. The average Bonchev–Trinajstić information content (AvgIpc) is 3.19. The molecule has 1 aromatic carbocycles. The molecule has 170 valence electrons. The van der Waals surface area contributed by atoms with Crippen LogP contribution in [-0.2, 0) is 20.8 Å². The summed E-state index contributed by atoms with van der Waals surface area (Å²) < 4.78 is 10.6. The molecule has 0 aliphatic carbocycles. The molecule has 2 atom stereocenters. The second kappa shape index (κ2) is 10.8. The number of nitrogen functional groups attached to an aromatic ring is 1. The number of amides is 2. The molecule has 2 aromatic rings. The zero-order chi connectivity index (χ0) is 23.8. The molecule has 0 spiro atoms. The second-order valence-corrected chi connectivity index (χ2v) is 7.10. The molecule has 2 rings (SSSR count). The summed E-state index contributed by atoms with van der Waals surface area (Å²) in [5, 5.41) is 18.9. The van der Waals surface area contributed by atoms with Crippen molar-refractivity contribution in [2.75, 3.05) is 0 Å². The van der Waals surface area contributed by atoms with Gasteiger partial charge in [-0.2, -0.15) is 0 Å². The van der Waals surface area contributed by atoms with Crippen LogP contribution in [0.2, 0.25) is 0 Å². The van der Waals surface area contributed by atoms with Gasteiger partial charge in [0.2, 0.25) is 17.6 Å². The molecule has 0 aliphatic rings. The van der Waals surface area contributed by atoms with Gasteiger partial charge < -0.3 is 31.0 Å². The van der Waals surface area contributed by atoms with Crippen molar-refractivity contribution >= 4 is 29.6 Å². The SMILES string of the molecule is C[C@H](Cc1ccc(C(=O)Oc2ccc(C(=N)N)cc2)o1)C(=O)N[C@H](CCC(N)=O)C(=O)O. The van der Waals surface area contributed by atoms with E-state index in [2.05, 4.69) is 5.32 Å². The van der Waals surface area contributed by atoms with Crippen LogP contribution in [0, 0.1) is 11.3 Å². The highest BCUT2D eigenvalue weighted by atomic mass is 16.5. The quantitative estimate of drug-likeness (QED) is 0.145. The number of amidine groups is 1. The van der Waals surface area contributed by atoms with Crippen molar-refractivity contribution in [3.8, 4) is 5.75 Å². The van der Waals surface area contributed by atoms with Crippen molar-refractivity contribution in [3.63, 3.8) is 0 Å². The Morgan fingerprint density at radius 3 is 2.34 bits per heavy atom. The number of aliphatic carboxylic acids is 1. The lowest BCUT2D eigenvalue weighted by Crippen LogP contribution is -2.44. The Morgan fingerprint density at radius 2 is 1.78 bits per heavy atom. The molecular weight excluding hydrogens is 420 g/mol. The van der Waals surface area contributed by atoms with Crippen molar-refractivity contribution in [2.24, 2.45) is 17.4 Å². The Kier molecular flexibility index (Phi) is 8.11. The van der Waals surface area contributed by atoms with Crippen LogP contribution in [0.25, 0.3) is 0 Å². The van der Waals surface area contributed by atoms with Crippen LogP contribution >= 0.6 is 0 Å². The van der Waals surface area contributed by atoms with Gasteiger partial charge in [-0.05, 0) is 42.8 Å². The maximum Gasteiger partial charge on any atom is 0.379 e. The lowest BCUT2D eigenvalue weighted by molar-refractivity contribution is -0.142. The number of benzene rings is 1. The second-order valence-electron chi connectivity index (χ2n) is 7.10. The summed E-state index contributed by atoms with van der Waals surface area (Å²) in [4.78, 5) is 46.7. The third kappa shape index (κ3) is 6.97. The number of nitrogens with two attached hydrogens (primary N) is 2. The van der Waals surface area contributed by atoms with Crippen molar-refractivity contribution < 1.29 is 33.4 Å². The molecule has 0 saturated heterocycles. The number of furan rings is 1. The Bertz CT molecular complexity index is 1010. The Labute approximate surface area is 183 Å². The number of primary amides is 1. The third-order valence-corrected chi connectivity index (χ3v) is 4.49. The van der Waals surface area contributed by atoms with Gasteiger partial charge in [0, 0.05) is 24.3 Å². The minimum absolute atomic E-state index is 0.0758. The number of carboxylic acids is 1. The monoisotopic (exact) mass is 444 g/mol. The molecule has 32 heavy (non-hydrogen) atoms. The summed E-state index contributed by atoms with van der Waals surface area (Å²) in [6, 6.07) is 7.72. The van der Waals surface area contributed by atoms with Crippen molar-refractivity contribution in [3.05, 3.63) is 53.5 Å². The van der Waals surface area contributed by atoms with Crippen LogP contribution in [0.1, 0.15) is 41.6 Å². The van der Waals surface area contributed by atoms with Crippen LogP contribution in [0.4, 0.5) is 0 Å². The van der Waals surface area contributed by atoms with E-state index in [0.717, 1.165) is 0 Å². The molecule has 7 N–H and O–H groups in total. The normalized spacial score (nSPS) is 12.4. The van der Waals surface area contributed by atoms with E-state index in [9.17, 15) is 24.3 Å². The Morgan fingerprint density at radius 1 is 1.12 bits per heavy atom. The van der Waals surface area contributed by atoms with E-state index in [1.165, 1.54) is 36.4 Å². The van der Waals surface area contributed by atoms with Gasteiger partial charge in [0.15, 0.2) is 0 Å². The first-order valence-electron chi connectivity index (χ1n) is 9.63. The zero-order valence-corrected chi connectivity index (χ0v) is 17.3. The Balaban J connectivity index is 1.93. The van der Waals surface area contributed by atoms with E-state index in [1.54, 1.807) is 6.92 Å². The summed E-state index contributed by atoms with van der Waals surface area (Å²) in [7, 11) is 0. The maximum absolute atomic E-state index is 12.3. The highest BCUT2D eigenvalue weighted by Gasteiger charge is 2.24. The van der Waals surface area contributed by atoms with E-state index in [1.807, 2.05) is 0 Å². The maximum atomic E-state index is 12.3. The van der Waals surface area contributed by atoms with Gasteiger partial charge in [-0.1, -0.05) is 6.92 Å². The van der Waals surface area contributed by atoms with Crippen molar-refractivity contribution in [1.82, 2.24) is 5.32 Å². The van der Waals surface area contributed by atoms with Crippen LogP contribution in [-0.4, -0.2) is 40.7 Å². The summed E-state index contributed by atoms with van der Waals surface area (Å²) >= 11 is 0. The lowest BCUT2D eigenvalue weighted by atomic mass is 10.0. The summed E-state index contributed by atoms with van der Waals surface area (Å²) in [5.74, 6) is -3.52.